The van der Waals surface area contributed by atoms with Crippen molar-refractivity contribution in [3.63, 3.8) is 0 Å². The predicted molar refractivity (Wildman–Crippen MR) is 44.2 cm³/mol. The van der Waals surface area contributed by atoms with E-state index >= 15 is 0 Å². The summed E-state index contributed by atoms with van der Waals surface area (Å²) in [6, 6.07) is 0. The molecular weight excluding hydrogens is 243 g/mol. The third-order valence-electron chi connectivity index (χ3n) is 2.45. The van der Waals surface area contributed by atoms with Gasteiger partial charge in [0.25, 0.3) is 0 Å². The summed E-state index contributed by atoms with van der Waals surface area (Å²) in [4.78, 5) is 1.21. The minimum absolute atomic E-state index is 0. The van der Waals surface area contributed by atoms with Gasteiger partial charge in [-0.05, 0) is 32.4 Å². The number of piperidine rings is 1. The van der Waals surface area contributed by atoms with Crippen LogP contribution in [-0.4, -0.2) is 37.8 Å². The van der Waals surface area contributed by atoms with Gasteiger partial charge in [-0.2, -0.15) is 0 Å². The van der Waals surface area contributed by atoms with Crippen LogP contribution in [0.4, 0.5) is 21.7 Å². The van der Waals surface area contributed by atoms with E-state index in [4.69, 9.17) is 0 Å². The zero-order valence-corrected chi connectivity index (χ0v) is 11.7. The minimum atomic E-state index is -4.82. The minimum Gasteiger partial charge on any atom is -0.448 e. The summed E-state index contributed by atoms with van der Waals surface area (Å²) >= 11 is 0. The zero-order chi connectivity index (χ0) is 10.8. The third-order valence-corrected chi connectivity index (χ3v) is 2.45. The van der Waals surface area contributed by atoms with Gasteiger partial charge < -0.3 is 17.8 Å². The average Bonchev–Trinajstić information content (AvgIpc) is 2.02. The summed E-state index contributed by atoms with van der Waals surface area (Å²) < 4.78 is 60.2. The topological polar surface area (TPSA) is 3.24 Å². The van der Waals surface area contributed by atoms with Crippen LogP contribution in [0.5, 0.6) is 0 Å². The molecule has 1 fully saturated rings. The van der Waals surface area contributed by atoms with Crippen molar-refractivity contribution in [1.29, 1.82) is 0 Å². The van der Waals surface area contributed by atoms with Crippen LogP contribution in [0.15, 0.2) is 0 Å². The van der Waals surface area contributed by atoms with Crippen molar-refractivity contribution in [3.05, 3.63) is 0 Å². The molecule has 0 aromatic carbocycles. The summed E-state index contributed by atoms with van der Waals surface area (Å²) in [6.45, 7) is -4.55. The Labute approximate surface area is 128 Å². The molecule has 0 bridgehead atoms. The van der Waals surface area contributed by atoms with E-state index in [-0.39, 0.29) is 77.3 Å². The molecule has 0 unspecified atom stereocenters. The van der Waals surface area contributed by atoms with Gasteiger partial charge in [-0.1, -0.05) is 0 Å². The summed E-state index contributed by atoms with van der Waals surface area (Å²) in [5.74, 6) is -0.716. The molecule has 0 saturated carbocycles. The van der Waals surface area contributed by atoms with Gasteiger partial charge in [0, 0.05) is 5.92 Å². The standard InChI is InChI=1S/C7H12BF5N.K/c9-7(10)6-1-3-14(4-2-6)5-8(11,12)13;/h6-7H,1-5H2;/q-1;+1. The van der Waals surface area contributed by atoms with E-state index < -0.39 is 25.8 Å². The number of likely N-dealkylation sites (tertiary alicyclic amines) is 1. The van der Waals surface area contributed by atoms with Crippen molar-refractivity contribution < 1.29 is 73.1 Å². The summed E-state index contributed by atoms with van der Waals surface area (Å²) in [7, 11) is 0. The molecule has 1 nitrogen and oxygen atoms in total. The van der Waals surface area contributed by atoms with E-state index in [9.17, 15) is 21.7 Å². The first kappa shape index (κ1) is 16.3. The van der Waals surface area contributed by atoms with Gasteiger partial charge >= 0.3 is 58.4 Å². The second-order valence-electron chi connectivity index (χ2n) is 3.68. The van der Waals surface area contributed by atoms with Crippen LogP contribution in [0.2, 0.25) is 0 Å². The molecule has 0 aromatic rings. The van der Waals surface area contributed by atoms with Crippen molar-refractivity contribution in [1.82, 2.24) is 4.90 Å². The van der Waals surface area contributed by atoms with E-state index in [0.717, 1.165) is 0 Å². The number of rotatable bonds is 3. The molecule has 1 heterocycles. The fraction of sp³-hybridized carbons (Fsp3) is 1.00. The maximum absolute atomic E-state index is 12.1. The Hall–Kier alpha value is 1.31. The van der Waals surface area contributed by atoms with Crippen molar-refractivity contribution >= 4 is 6.98 Å². The number of hydrogen-bond donors (Lipinski definition) is 0. The zero-order valence-electron chi connectivity index (χ0n) is 8.60. The predicted octanol–water partition coefficient (Wildman–Crippen LogP) is -0.646. The molecule has 0 atom stereocenters. The van der Waals surface area contributed by atoms with Gasteiger partial charge in [-0.25, -0.2) is 8.78 Å². The van der Waals surface area contributed by atoms with E-state index in [1.807, 2.05) is 0 Å². The molecule has 0 radical (unpaired) electrons. The molecule has 0 spiro atoms. The maximum atomic E-state index is 12.1. The molecule has 0 N–H and O–H groups in total. The molecule has 1 aliphatic heterocycles. The summed E-state index contributed by atoms with van der Waals surface area (Å²) in [5, 5.41) is 0. The van der Waals surface area contributed by atoms with Crippen LogP contribution in [0.1, 0.15) is 12.8 Å². The van der Waals surface area contributed by atoms with Crippen LogP contribution in [0.3, 0.4) is 0 Å². The molecule has 84 valence electrons. The van der Waals surface area contributed by atoms with Crippen LogP contribution in [-0.2, 0) is 0 Å². The van der Waals surface area contributed by atoms with E-state index in [1.165, 1.54) is 4.90 Å². The monoisotopic (exact) mass is 255 g/mol. The molecule has 0 aliphatic carbocycles. The molecule has 8 heteroatoms. The molecule has 1 rings (SSSR count). The Morgan fingerprint density at radius 1 is 1.13 bits per heavy atom. The van der Waals surface area contributed by atoms with Crippen molar-refractivity contribution in [2.24, 2.45) is 5.92 Å². The fourth-order valence-electron chi connectivity index (χ4n) is 1.68. The first-order chi connectivity index (χ1) is 6.38. The Morgan fingerprint density at radius 2 is 1.60 bits per heavy atom. The second kappa shape index (κ2) is 6.90. The van der Waals surface area contributed by atoms with Crippen LogP contribution in [0.25, 0.3) is 0 Å². The first-order valence-electron chi connectivity index (χ1n) is 4.60. The van der Waals surface area contributed by atoms with Crippen molar-refractivity contribution in [2.75, 3.05) is 19.5 Å². The Kier molecular flexibility index (Phi) is 7.51. The molecule has 0 aromatic heterocycles. The average molecular weight is 255 g/mol. The van der Waals surface area contributed by atoms with Crippen molar-refractivity contribution in [3.8, 4) is 0 Å². The number of hydrogen-bond acceptors (Lipinski definition) is 1. The first-order valence-corrected chi connectivity index (χ1v) is 4.60. The normalized spacial score (nSPS) is 20.4. The van der Waals surface area contributed by atoms with Gasteiger partial charge in [0.2, 0.25) is 6.43 Å². The Morgan fingerprint density at radius 3 is 1.93 bits per heavy atom. The van der Waals surface area contributed by atoms with Crippen LogP contribution < -0.4 is 51.4 Å². The maximum Gasteiger partial charge on any atom is 1.00 e. The quantitative estimate of drug-likeness (QED) is 0.478. The summed E-state index contributed by atoms with van der Waals surface area (Å²) in [6.07, 6.45) is -2.97. The van der Waals surface area contributed by atoms with Crippen LogP contribution >= 0.6 is 0 Å². The van der Waals surface area contributed by atoms with E-state index in [0.29, 0.717) is 0 Å². The molecule has 1 aliphatic rings. The van der Waals surface area contributed by atoms with Gasteiger partial charge in [-0.3, -0.25) is 0 Å². The number of alkyl halides is 2. The molecule has 0 amide bonds. The van der Waals surface area contributed by atoms with Gasteiger partial charge in [0.15, 0.2) is 0 Å². The second-order valence-corrected chi connectivity index (χ2v) is 3.68. The third kappa shape index (κ3) is 6.58. The Balaban J connectivity index is 0.00000196. The fourth-order valence-corrected chi connectivity index (χ4v) is 1.68. The number of nitrogens with zero attached hydrogens (tertiary/aromatic N) is 1. The number of halogens is 5. The molecular formula is C7H12BF5KN. The molecule has 1 saturated heterocycles. The van der Waals surface area contributed by atoms with Gasteiger partial charge in [0.05, 0.1) is 0 Å². The van der Waals surface area contributed by atoms with E-state index in [1.54, 1.807) is 0 Å². The summed E-state index contributed by atoms with van der Waals surface area (Å²) in [5.41, 5.74) is 0. The molecule has 15 heavy (non-hydrogen) atoms. The Bertz CT molecular complexity index is 181. The SMILES string of the molecule is FC(F)C1CCN(C[B-](F)(F)F)CC1.[K+]. The van der Waals surface area contributed by atoms with Crippen molar-refractivity contribution in [2.45, 2.75) is 19.3 Å². The van der Waals surface area contributed by atoms with Crippen LogP contribution in [0, 0.1) is 5.92 Å². The van der Waals surface area contributed by atoms with Gasteiger partial charge in [0.1, 0.15) is 0 Å². The largest absolute Gasteiger partial charge is 1.00 e. The smallest absolute Gasteiger partial charge is 0.448 e. The van der Waals surface area contributed by atoms with E-state index in [2.05, 4.69) is 0 Å². The van der Waals surface area contributed by atoms with Gasteiger partial charge in [-0.15, -0.1) is 0 Å².